The van der Waals surface area contributed by atoms with Crippen LogP contribution >= 0.6 is 11.3 Å². The van der Waals surface area contributed by atoms with Gasteiger partial charge in [0.2, 0.25) is 5.90 Å². The van der Waals surface area contributed by atoms with Gasteiger partial charge in [0, 0.05) is 10.9 Å². The lowest BCUT2D eigenvalue weighted by atomic mass is 10.1. The molecule has 2 aromatic carbocycles. The first-order chi connectivity index (χ1) is 13.2. The Morgan fingerprint density at radius 1 is 1.11 bits per heavy atom. The molecule has 0 spiro atoms. The Labute approximate surface area is 160 Å². The number of carbonyl (C=O) groups excluding carboxylic acids is 1. The maximum absolute atomic E-state index is 12.1. The second kappa shape index (κ2) is 7.55. The summed E-state index contributed by atoms with van der Waals surface area (Å²) in [5.41, 5.74) is 5.72. The van der Waals surface area contributed by atoms with Crippen LogP contribution in [0, 0.1) is 6.92 Å². The number of aromatic nitrogens is 1. The van der Waals surface area contributed by atoms with Crippen molar-refractivity contribution in [3.8, 4) is 5.75 Å². The molecule has 5 nitrogen and oxygen atoms in total. The van der Waals surface area contributed by atoms with E-state index in [-0.39, 0.29) is 5.70 Å². The number of carbonyl (C=O) groups is 1. The van der Waals surface area contributed by atoms with Crippen LogP contribution in [0.3, 0.4) is 0 Å². The summed E-state index contributed by atoms with van der Waals surface area (Å²) >= 11 is 1.54. The van der Waals surface area contributed by atoms with Crippen LogP contribution in [-0.4, -0.2) is 16.9 Å². The van der Waals surface area contributed by atoms with Gasteiger partial charge in [0.25, 0.3) is 0 Å². The lowest BCUT2D eigenvalue weighted by Gasteiger charge is -2.04. The van der Waals surface area contributed by atoms with E-state index in [2.05, 4.69) is 9.98 Å². The molecule has 0 radical (unpaired) electrons. The van der Waals surface area contributed by atoms with E-state index >= 15 is 0 Å². The van der Waals surface area contributed by atoms with Gasteiger partial charge < -0.3 is 9.47 Å². The quantitative estimate of drug-likeness (QED) is 0.490. The number of cyclic esters (lactones) is 1. The number of benzene rings is 2. The highest BCUT2D eigenvalue weighted by molar-refractivity contribution is 7.07. The zero-order valence-electron chi connectivity index (χ0n) is 14.6. The highest BCUT2D eigenvalue weighted by atomic mass is 32.1. The van der Waals surface area contributed by atoms with Crippen molar-refractivity contribution in [2.75, 3.05) is 0 Å². The summed E-state index contributed by atoms with van der Waals surface area (Å²) in [4.78, 5) is 20.6. The van der Waals surface area contributed by atoms with Crippen LogP contribution in [-0.2, 0) is 16.1 Å². The molecule has 134 valence electrons. The molecule has 0 amide bonds. The van der Waals surface area contributed by atoms with Crippen molar-refractivity contribution < 1.29 is 14.3 Å². The second-order valence-electron chi connectivity index (χ2n) is 6.04. The van der Waals surface area contributed by atoms with E-state index < -0.39 is 5.97 Å². The fraction of sp³-hybridized carbons (Fsp3) is 0.0952. The minimum atomic E-state index is -0.450. The van der Waals surface area contributed by atoms with Gasteiger partial charge in [-0.15, -0.1) is 11.3 Å². The van der Waals surface area contributed by atoms with Gasteiger partial charge in [-0.2, -0.15) is 0 Å². The first-order valence-electron chi connectivity index (χ1n) is 8.37. The van der Waals surface area contributed by atoms with Crippen molar-refractivity contribution in [3.63, 3.8) is 0 Å². The van der Waals surface area contributed by atoms with Crippen molar-refractivity contribution in [1.29, 1.82) is 0 Å². The Kier molecular flexibility index (Phi) is 4.80. The second-order valence-corrected chi connectivity index (χ2v) is 6.76. The van der Waals surface area contributed by atoms with E-state index in [1.54, 1.807) is 11.6 Å². The maximum atomic E-state index is 12.1. The molecule has 0 saturated heterocycles. The van der Waals surface area contributed by atoms with Crippen LogP contribution in [0.5, 0.6) is 5.75 Å². The molecule has 1 aromatic heterocycles. The van der Waals surface area contributed by atoms with Gasteiger partial charge in [0.15, 0.2) is 5.70 Å². The minimum Gasteiger partial charge on any atom is -0.487 e. The molecule has 1 aliphatic rings. The molecule has 1 aliphatic heterocycles. The van der Waals surface area contributed by atoms with Crippen molar-refractivity contribution in [2.24, 2.45) is 4.99 Å². The fourth-order valence-corrected chi connectivity index (χ4v) is 3.06. The van der Waals surface area contributed by atoms with Crippen molar-refractivity contribution in [3.05, 3.63) is 87.5 Å². The molecule has 0 N–H and O–H groups in total. The van der Waals surface area contributed by atoms with E-state index in [1.165, 1.54) is 11.3 Å². The fourth-order valence-electron chi connectivity index (χ4n) is 2.51. The summed E-state index contributed by atoms with van der Waals surface area (Å²) in [6.45, 7) is 2.43. The van der Waals surface area contributed by atoms with Gasteiger partial charge in [0.05, 0.1) is 11.2 Å². The number of thiazole rings is 1. The lowest BCUT2D eigenvalue weighted by molar-refractivity contribution is -0.129. The molecule has 0 atom stereocenters. The molecule has 0 unspecified atom stereocenters. The average molecular weight is 376 g/mol. The lowest BCUT2D eigenvalue weighted by Crippen LogP contribution is -2.05. The number of ether oxygens (including phenoxy) is 2. The van der Waals surface area contributed by atoms with Crippen molar-refractivity contribution in [1.82, 2.24) is 4.98 Å². The molecule has 6 heteroatoms. The monoisotopic (exact) mass is 376 g/mol. The smallest absolute Gasteiger partial charge is 0.363 e. The SMILES string of the molecule is Cc1ccc(C2=N/C(=C\c3ccc(OCc4cscn4)cc3)C(=O)O2)cc1. The third kappa shape index (κ3) is 4.12. The van der Waals surface area contributed by atoms with Crippen LogP contribution in [0.1, 0.15) is 22.4 Å². The minimum absolute atomic E-state index is 0.279. The molecule has 0 aliphatic carbocycles. The Balaban J connectivity index is 1.47. The number of hydrogen-bond acceptors (Lipinski definition) is 6. The highest BCUT2D eigenvalue weighted by Crippen LogP contribution is 2.21. The molecule has 4 rings (SSSR count). The standard InChI is InChI=1S/C21H16N2O3S/c1-14-2-6-16(7-3-14)20-23-19(21(24)26-20)10-15-4-8-18(9-5-15)25-11-17-12-27-13-22-17/h2-10,12-13H,11H2,1H3/b19-10-. The summed E-state index contributed by atoms with van der Waals surface area (Å²) in [7, 11) is 0. The highest BCUT2D eigenvalue weighted by Gasteiger charge is 2.23. The van der Waals surface area contributed by atoms with Crippen LogP contribution in [0.25, 0.3) is 6.08 Å². The Hall–Kier alpha value is -3.25. The number of hydrogen-bond donors (Lipinski definition) is 0. The third-order valence-electron chi connectivity index (χ3n) is 3.97. The molecule has 2 heterocycles. The molecular weight excluding hydrogens is 360 g/mol. The predicted octanol–water partition coefficient (Wildman–Crippen LogP) is 4.38. The van der Waals surface area contributed by atoms with Gasteiger partial charge in [-0.25, -0.2) is 14.8 Å². The van der Waals surface area contributed by atoms with E-state index in [0.29, 0.717) is 12.5 Å². The summed E-state index contributed by atoms with van der Waals surface area (Å²) in [5, 5.41) is 1.95. The number of aryl methyl sites for hydroxylation is 1. The number of nitrogens with zero attached hydrogens (tertiary/aromatic N) is 2. The third-order valence-corrected chi connectivity index (χ3v) is 4.61. The first-order valence-corrected chi connectivity index (χ1v) is 9.31. The van der Waals surface area contributed by atoms with Crippen LogP contribution in [0.2, 0.25) is 0 Å². The Bertz CT molecular complexity index is 1000. The normalized spacial score (nSPS) is 14.9. The van der Waals surface area contributed by atoms with E-state index in [1.807, 2.05) is 60.8 Å². The zero-order valence-corrected chi connectivity index (χ0v) is 15.4. The summed E-state index contributed by atoms with van der Waals surface area (Å²) in [5.74, 6) is 0.617. The number of aliphatic imine (C=N–C) groups is 1. The van der Waals surface area contributed by atoms with Crippen LogP contribution in [0.4, 0.5) is 0 Å². The number of rotatable bonds is 5. The van der Waals surface area contributed by atoms with Gasteiger partial charge in [-0.1, -0.05) is 29.8 Å². The zero-order chi connectivity index (χ0) is 18.6. The Morgan fingerprint density at radius 3 is 2.59 bits per heavy atom. The first kappa shape index (κ1) is 17.2. The van der Waals surface area contributed by atoms with Gasteiger partial charge in [0.1, 0.15) is 12.4 Å². The topological polar surface area (TPSA) is 60.8 Å². The molecule has 3 aromatic rings. The van der Waals surface area contributed by atoms with Gasteiger partial charge in [-0.3, -0.25) is 0 Å². The molecule has 0 fully saturated rings. The van der Waals surface area contributed by atoms with E-state index in [9.17, 15) is 4.79 Å². The molecule has 0 bridgehead atoms. The average Bonchev–Trinajstić information content (AvgIpc) is 3.32. The summed E-state index contributed by atoms with van der Waals surface area (Å²) in [6, 6.07) is 15.1. The van der Waals surface area contributed by atoms with Crippen LogP contribution < -0.4 is 4.74 Å². The van der Waals surface area contributed by atoms with Gasteiger partial charge >= 0.3 is 5.97 Å². The van der Waals surface area contributed by atoms with E-state index in [4.69, 9.17) is 9.47 Å². The number of esters is 1. The maximum Gasteiger partial charge on any atom is 0.363 e. The summed E-state index contributed by atoms with van der Waals surface area (Å²) in [6.07, 6.45) is 1.70. The predicted molar refractivity (Wildman–Crippen MR) is 105 cm³/mol. The molecular formula is C21H16N2O3S. The summed E-state index contributed by atoms with van der Waals surface area (Å²) < 4.78 is 11.0. The molecule has 0 saturated carbocycles. The van der Waals surface area contributed by atoms with E-state index in [0.717, 1.165) is 28.1 Å². The molecule has 27 heavy (non-hydrogen) atoms. The van der Waals surface area contributed by atoms with Crippen LogP contribution in [0.15, 0.2) is 70.1 Å². The van der Waals surface area contributed by atoms with Crippen molar-refractivity contribution in [2.45, 2.75) is 13.5 Å². The largest absolute Gasteiger partial charge is 0.487 e. The Morgan fingerprint density at radius 2 is 1.89 bits per heavy atom. The van der Waals surface area contributed by atoms with Gasteiger partial charge in [-0.05, 0) is 42.8 Å². The van der Waals surface area contributed by atoms with Crippen molar-refractivity contribution >= 4 is 29.3 Å².